The molecule has 32 heavy (non-hydrogen) atoms. The summed E-state index contributed by atoms with van der Waals surface area (Å²) in [7, 11) is 1.70. The Balaban J connectivity index is 0.00000363. The van der Waals surface area contributed by atoms with Crippen molar-refractivity contribution >= 4 is 41.5 Å². The largest absolute Gasteiger partial charge is 0.496 e. The molecule has 0 unspecified atom stereocenters. The van der Waals surface area contributed by atoms with Crippen molar-refractivity contribution in [2.75, 3.05) is 44.7 Å². The van der Waals surface area contributed by atoms with Gasteiger partial charge in [-0.15, -0.1) is 24.0 Å². The van der Waals surface area contributed by atoms with Crippen LogP contribution in [-0.2, 0) is 17.8 Å². The molecule has 2 aromatic carbocycles. The number of halogens is 1. The van der Waals surface area contributed by atoms with Crippen LogP contribution < -0.4 is 25.6 Å². The van der Waals surface area contributed by atoms with Gasteiger partial charge in [0.15, 0.2) is 5.96 Å². The Kier molecular flexibility index (Phi) is 10.6. The smallest absolute Gasteiger partial charge is 0.239 e. The molecule has 0 saturated carbocycles. The van der Waals surface area contributed by atoms with E-state index in [1.807, 2.05) is 6.92 Å². The van der Waals surface area contributed by atoms with Gasteiger partial charge in [-0.1, -0.05) is 24.3 Å². The maximum Gasteiger partial charge on any atom is 0.239 e. The molecule has 7 nitrogen and oxygen atoms in total. The minimum atomic E-state index is 0. The Labute approximate surface area is 208 Å². The third-order valence-electron chi connectivity index (χ3n) is 5.28. The average Bonchev–Trinajstić information content (AvgIpc) is 2.79. The fraction of sp³-hybridized carbons (Fsp3) is 0.417. The SMILES string of the molecule is CCNC(=NCc1ccc(N2CCNC(=O)C2)cc1)NCCc1ccc(C)c(OC)c1.I. The number of aliphatic imine (C=N–C) groups is 1. The molecule has 1 saturated heterocycles. The number of piperazine rings is 1. The van der Waals surface area contributed by atoms with E-state index >= 15 is 0 Å². The van der Waals surface area contributed by atoms with Crippen LogP contribution in [0.1, 0.15) is 23.6 Å². The van der Waals surface area contributed by atoms with Crippen molar-refractivity contribution in [2.45, 2.75) is 26.8 Å². The fourth-order valence-corrected chi connectivity index (χ4v) is 3.53. The van der Waals surface area contributed by atoms with Crippen LogP contribution in [0, 0.1) is 6.92 Å². The Hall–Kier alpha value is -2.49. The van der Waals surface area contributed by atoms with Crippen LogP contribution in [0.4, 0.5) is 5.69 Å². The Morgan fingerprint density at radius 1 is 1.16 bits per heavy atom. The van der Waals surface area contributed by atoms with E-state index in [0.29, 0.717) is 19.6 Å². The van der Waals surface area contributed by atoms with E-state index in [2.05, 4.69) is 70.2 Å². The number of methoxy groups -OCH3 is 1. The molecule has 1 heterocycles. The summed E-state index contributed by atoms with van der Waals surface area (Å²) >= 11 is 0. The third kappa shape index (κ3) is 7.58. The highest BCUT2D eigenvalue weighted by Crippen LogP contribution is 2.19. The van der Waals surface area contributed by atoms with Crippen LogP contribution >= 0.6 is 24.0 Å². The first-order valence-corrected chi connectivity index (χ1v) is 10.9. The van der Waals surface area contributed by atoms with Gasteiger partial charge < -0.3 is 25.6 Å². The van der Waals surface area contributed by atoms with Crippen LogP contribution in [0.5, 0.6) is 5.75 Å². The lowest BCUT2D eigenvalue weighted by atomic mass is 10.1. The number of aryl methyl sites for hydroxylation is 1. The number of nitrogens with zero attached hydrogens (tertiary/aromatic N) is 2. The second kappa shape index (κ2) is 13.1. The summed E-state index contributed by atoms with van der Waals surface area (Å²) in [5, 5.41) is 9.56. The van der Waals surface area contributed by atoms with Gasteiger partial charge in [-0.05, 0) is 55.2 Å². The van der Waals surface area contributed by atoms with Crippen LogP contribution in [0.3, 0.4) is 0 Å². The van der Waals surface area contributed by atoms with E-state index in [4.69, 9.17) is 9.73 Å². The number of hydrogen-bond donors (Lipinski definition) is 3. The molecule has 0 spiro atoms. The zero-order chi connectivity index (χ0) is 22.1. The molecule has 2 aromatic rings. The van der Waals surface area contributed by atoms with Gasteiger partial charge in [0.25, 0.3) is 0 Å². The molecule has 0 aliphatic carbocycles. The number of carbonyl (C=O) groups excluding carboxylic acids is 1. The monoisotopic (exact) mass is 551 g/mol. The summed E-state index contributed by atoms with van der Waals surface area (Å²) in [6.07, 6.45) is 0.888. The van der Waals surface area contributed by atoms with Gasteiger partial charge >= 0.3 is 0 Å². The van der Waals surface area contributed by atoms with Crippen molar-refractivity contribution in [3.05, 3.63) is 59.2 Å². The number of guanidine groups is 1. The molecule has 3 rings (SSSR count). The first-order chi connectivity index (χ1) is 15.1. The van der Waals surface area contributed by atoms with Crippen LogP contribution in [-0.4, -0.2) is 51.7 Å². The van der Waals surface area contributed by atoms with E-state index in [0.717, 1.165) is 54.6 Å². The van der Waals surface area contributed by atoms with Crippen molar-refractivity contribution < 1.29 is 9.53 Å². The molecule has 174 valence electrons. The summed E-state index contributed by atoms with van der Waals surface area (Å²) in [5.41, 5.74) is 4.57. The van der Waals surface area contributed by atoms with E-state index in [1.165, 1.54) is 5.56 Å². The summed E-state index contributed by atoms with van der Waals surface area (Å²) in [4.78, 5) is 18.4. The van der Waals surface area contributed by atoms with Crippen molar-refractivity contribution in [2.24, 2.45) is 4.99 Å². The molecule has 3 N–H and O–H groups in total. The van der Waals surface area contributed by atoms with Crippen LogP contribution in [0.15, 0.2) is 47.5 Å². The van der Waals surface area contributed by atoms with Crippen molar-refractivity contribution in [1.82, 2.24) is 16.0 Å². The molecule has 1 aliphatic rings. The Morgan fingerprint density at radius 2 is 1.91 bits per heavy atom. The lowest BCUT2D eigenvalue weighted by Gasteiger charge is -2.28. The van der Waals surface area contributed by atoms with Gasteiger partial charge in [-0.25, -0.2) is 4.99 Å². The highest BCUT2D eigenvalue weighted by molar-refractivity contribution is 14.0. The number of hydrogen-bond acceptors (Lipinski definition) is 4. The van der Waals surface area contributed by atoms with E-state index in [-0.39, 0.29) is 29.9 Å². The number of amides is 1. The quantitative estimate of drug-likeness (QED) is 0.267. The third-order valence-corrected chi connectivity index (χ3v) is 5.28. The van der Waals surface area contributed by atoms with E-state index in [1.54, 1.807) is 7.11 Å². The molecule has 0 atom stereocenters. The van der Waals surface area contributed by atoms with Gasteiger partial charge in [-0.2, -0.15) is 0 Å². The van der Waals surface area contributed by atoms with Crippen molar-refractivity contribution in [3.63, 3.8) is 0 Å². The number of rotatable bonds is 8. The fourth-order valence-electron chi connectivity index (χ4n) is 3.53. The summed E-state index contributed by atoms with van der Waals surface area (Å²) in [6.45, 7) is 8.24. The highest BCUT2D eigenvalue weighted by Gasteiger charge is 2.16. The van der Waals surface area contributed by atoms with Gasteiger partial charge in [0.2, 0.25) is 5.91 Å². The number of anilines is 1. The maximum absolute atomic E-state index is 11.6. The molecule has 1 fully saturated rings. The van der Waals surface area contributed by atoms with E-state index in [9.17, 15) is 4.79 Å². The number of ether oxygens (including phenoxy) is 1. The number of carbonyl (C=O) groups is 1. The van der Waals surface area contributed by atoms with Crippen molar-refractivity contribution in [1.29, 1.82) is 0 Å². The van der Waals surface area contributed by atoms with Crippen molar-refractivity contribution in [3.8, 4) is 5.75 Å². The average molecular weight is 551 g/mol. The molecular weight excluding hydrogens is 517 g/mol. The second-order valence-electron chi connectivity index (χ2n) is 7.61. The van der Waals surface area contributed by atoms with Crippen LogP contribution in [0.2, 0.25) is 0 Å². The number of benzene rings is 2. The lowest BCUT2D eigenvalue weighted by Crippen LogP contribution is -2.47. The molecule has 0 radical (unpaired) electrons. The lowest BCUT2D eigenvalue weighted by molar-refractivity contribution is -0.120. The molecule has 1 aliphatic heterocycles. The molecule has 0 bridgehead atoms. The first-order valence-electron chi connectivity index (χ1n) is 10.9. The molecular formula is C24H34IN5O2. The maximum atomic E-state index is 11.6. The Bertz CT molecular complexity index is 902. The van der Waals surface area contributed by atoms with Crippen LogP contribution in [0.25, 0.3) is 0 Å². The molecule has 8 heteroatoms. The van der Waals surface area contributed by atoms with Gasteiger partial charge in [0.05, 0.1) is 20.2 Å². The highest BCUT2D eigenvalue weighted by atomic mass is 127. The first kappa shape index (κ1) is 25.8. The molecule has 0 aromatic heterocycles. The second-order valence-corrected chi connectivity index (χ2v) is 7.61. The van der Waals surface area contributed by atoms with Gasteiger partial charge in [-0.3, -0.25) is 4.79 Å². The standard InChI is InChI=1S/C24H33N5O2.HI/c1-4-25-24(27-12-11-19-6-5-18(2)22(15-19)31-3)28-16-20-7-9-21(10-8-20)29-14-13-26-23(30)17-29;/h5-10,15H,4,11-14,16-17H2,1-3H3,(H,26,30)(H2,25,27,28);1H. The normalized spacial score (nSPS) is 13.8. The zero-order valence-corrected chi connectivity index (χ0v) is 21.4. The summed E-state index contributed by atoms with van der Waals surface area (Å²) in [6, 6.07) is 14.6. The van der Waals surface area contributed by atoms with E-state index < -0.39 is 0 Å². The van der Waals surface area contributed by atoms with Gasteiger partial charge in [0.1, 0.15) is 5.75 Å². The van der Waals surface area contributed by atoms with Gasteiger partial charge in [0, 0.05) is 31.9 Å². The molecule has 1 amide bonds. The predicted octanol–water partition coefficient (Wildman–Crippen LogP) is 2.86. The minimum absolute atomic E-state index is 0. The number of nitrogens with one attached hydrogen (secondary N) is 3. The minimum Gasteiger partial charge on any atom is -0.496 e. The zero-order valence-electron chi connectivity index (χ0n) is 19.1. The summed E-state index contributed by atoms with van der Waals surface area (Å²) in [5.74, 6) is 1.80. The predicted molar refractivity (Wildman–Crippen MR) is 141 cm³/mol. The summed E-state index contributed by atoms with van der Waals surface area (Å²) < 4.78 is 5.41. The Morgan fingerprint density at radius 3 is 2.59 bits per heavy atom. The topological polar surface area (TPSA) is 78.0 Å².